The molecule has 0 spiro atoms. The smallest absolute Gasteiger partial charge is 0.326 e. The lowest BCUT2D eigenvalue weighted by Crippen LogP contribution is -2.45. The molecule has 0 aromatic rings. The first kappa shape index (κ1) is 13.2. The molecule has 6 heteroatoms. The molecular weight excluding hydrogens is 224 g/mol. The van der Waals surface area contributed by atoms with Gasteiger partial charge in [-0.2, -0.15) is 0 Å². The number of amides is 2. The first-order chi connectivity index (χ1) is 8.00. The molecule has 2 unspecified atom stereocenters. The summed E-state index contributed by atoms with van der Waals surface area (Å²) in [4.78, 5) is 33.2. The molecule has 0 aromatic heterocycles. The molecule has 1 rings (SSSR count). The minimum atomic E-state index is -1.25. The summed E-state index contributed by atoms with van der Waals surface area (Å²) in [6.45, 7) is 0. The van der Waals surface area contributed by atoms with Crippen molar-refractivity contribution in [2.75, 3.05) is 0 Å². The number of rotatable bonds is 5. The van der Waals surface area contributed by atoms with E-state index in [2.05, 4.69) is 5.32 Å². The van der Waals surface area contributed by atoms with E-state index in [1.165, 1.54) is 0 Å². The van der Waals surface area contributed by atoms with Gasteiger partial charge in [0.2, 0.25) is 11.8 Å². The van der Waals surface area contributed by atoms with E-state index in [1.54, 1.807) is 0 Å². The molecule has 0 aromatic carbocycles. The third-order valence-corrected chi connectivity index (χ3v) is 2.66. The number of nitrogens with one attached hydrogen (secondary N) is 1. The van der Waals surface area contributed by atoms with E-state index >= 15 is 0 Å². The molecule has 2 amide bonds. The standard InChI is InChI=1S/C11H16N2O4/c12-9(14)6-8(11(16)17)13-10(15)7-4-2-1-3-5-7/h1-2,7-8H,3-6H2,(H2,12,14)(H,13,15)(H,16,17). The van der Waals surface area contributed by atoms with Gasteiger partial charge < -0.3 is 16.2 Å². The molecule has 0 bridgehead atoms. The number of carboxylic acids is 1. The van der Waals surface area contributed by atoms with Gasteiger partial charge in [-0.3, -0.25) is 9.59 Å². The fourth-order valence-electron chi connectivity index (χ4n) is 1.72. The van der Waals surface area contributed by atoms with E-state index < -0.39 is 17.9 Å². The van der Waals surface area contributed by atoms with Crippen LogP contribution in [0.15, 0.2) is 12.2 Å². The number of hydrogen-bond donors (Lipinski definition) is 3. The second-order valence-corrected chi connectivity index (χ2v) is 4.05. The molecule has 6 nitrogen and oxygen atoms in total. The Labute approximate surface area is 98.9 Å². The SMILES string of the molecule is NC(=O)CC(NC(=O)C1CC=CCC1)C(=O)O. The Kier molecular flexibility index (Phi) is 4.68. The molecule has 4 N–H and O–H groups in total. The lowest BCUT2D eigenvalue weighted by atomic mass is 9.93. The molecule has 0 aliphatic heterocycles. The van der Waals surface area contributed by atoms with E-state index in [0.717, 1.165) is 6.42 Å². The van der Waals surface area contributed by atoms with Crippen LogP contribution in [0.3, 0.4) is 0 Å². The molecular formula is C11H16N2O4. The molecule has 94 valence electrons. The van der Waals surface area contributed by atoms with Crippen LogP contribution in [0.5, 0.6) is 0 Å². The molecule has 1 aliphatic carbocycles. The van der Waals surface area contributed by atoms with Gasteiger partial charge in [0.25, 0.3) is 0 Å². The van der Waals surface area contributed by atoms with Crippen LogP contribution in [0.1, 0.15) is 25.7 Å². The van der Waals surface area contributed by atoms with Crippen LogP contribution in [0.2, 0.25) is 0 Å². The topological polar surface area (TPSA) is 109 Å². The average Bonchev–Trinajstić information content (AvgIpc) is 2.28. The van der Waals surface area contributed by atoms with E-state index in [9.17, 15) is 14.4 Å². The number of nitrogens with two attached hydrogens (primary N) is 1. The summed E-state index contributed by atoms with van der Waals surface area (Å²) in [5.41, 5.74) is 4.92. The maximum atomic E-state index is 11.7. The molecule has 1 aliphatic rings. The third kappa shape index (κ3) is 4.26. The Morgan fingerprint density at radius 2 is 2.12 bits per heavy atom. The van der Waals surface area contributed by atoms with E-state index in [1.807, 2.05) is 12.2 Å². The van der Waals surface area contributed by atoms with Gasteiger partial charge >= 0.3 is 5.97 Å². The van der Waals surface area contributed by atoms with Gasteiger partial charge in [0.1, 0.15) is 6.04 Å². The summed E-state index contributed by atoms with van der Waals surface area (Å²) < 4.78 is 0. The predicted octanol–water partition coefficient (Wildman–Crippen LogP) is -0.213. The molecule has 0 saturated heterocycles. The van der Waals surface area contributed by atoms with Crippen molar-refractivity contribution in [1.29, 1.82) is 0 Å². The zero-order valence-corrected chi connectivity index (χ0v) is 9.39. The molecule has 17 heavy (non-hydrogen) atoms. The highest BCUT2D eigenvalue weighted by Crippen LogP contribution is 2.18. The van der Waals surface area contributed by atoms with Crippen molar-refractivity contribution in [2.24, 2.45) is 11.7 Å². The van der Waals surface area contributed by atoms with Crippen LogP contribution in [-0.2, 0) is 14.4 Å². The van der Waals surface area contributed by atoms with Crippen LogP contribution in [0.25, 0.3) is 0 Å². The lowest BCUT2D eigenvalue weighted by Gasteiger charge is -2.20. The first-order valence-electron chi connectivity index (χ1n) is 5.47. The monoisotopic (exact) mass is 240 g/mol. The van der Waals surface area contributed by atoms with Gasteiger partial charge in [0.15, 0.2) is 0 Å². The van der Waals surface area contributed by atoms with Gasteiger partial charge in [-0.05, 0) is 19.3 Å². The summed E-state index contributed by atoms with van der Waals surface area (Å²) >= 11 is 0. The van der Waals surface area contributed by atoms with Crippen molar-refractivity contribution in [3.05, 3.63) is 12.2 Å². The minimum absolute atomic E-state index is 0.213. The lowest BCUT2D eigenvalue weighted by molar-refractivity contribution is -0.144. The molecule has 0 fully saturated rings. The summed E-state index contributed by atoms with van der Waals surface area (Å²) in [6.07, 6.45) is 5.62. The molecule has 2 atom stereocenters. The Balaban J connectivity index is 2.54. The van der Waals surface area contributed by atoms with Crippen molar-refractivity contribution < 1.29 is 19.5 Å². The minimum Gasteiger partial charge on any atom is -0.480 e. The Bertz CT molecular complexity index is 351. The number of allylic oxidation sites excluding steroid dienone is 2. The summed E-state index contributed by atoms with van der Waals surface area (Å²) in [6, 6.07) is -1.23. The number of aliphatic carboxylic acids is 1. The van der Waals surface area contributed by atoms with Crippen molar-refractivity contribution in [3.8, 4) is 0 Å². The van der Waals surface area contributed by atoms with Gasteiger partial charge in [-0.15, -0.1) is 0 Å². The zero-order chi connectivity index (χ0) is 12.8. The number of carbonyl (C=O) groups is 3. The third-order valence-electron chi connectivity index (χ3n) is 2.66. The van der Waals surface area contributed by atoms with E-state index in [4.69, 9.17) is 10.8 Å². The van der Waals surface area contributed by atoms with Gasteiger partial charge in [0.05, 0.1) is 6.42 Å². The normalized spacial score (nSPS) is 20.6. The van der Waals surface area contributed by atoms with Crippen LogP contribution >= 0.6 is 0 Å². The van der Waals surface area contributed by atoms with Gasteiger partial charge in [-0.1, -0.05) is 12.2 Å². The van der Waals surface area contributed by atoms with Gasteiger partial charge in [0, 0.05) is 5.92 Å². The molecule has 0 radical (unpaired) electrons. The second-order valence-electron chi connectivity index (χ2n) is 4.05. The van der Waals surface area contributed by atoms with Crippen LogP contribution in [0.4, 0.5) is 0 Å². The van der Waals surface area contributed by atoms with Crippen LogP contribution in [0, 0.1) is 5.92 Å². The van der Waals surface area contributed by atoms with Crippen LogP contribution in [-0.4, -0.2) is 28.9 Å². The maximum Gasteiger partial charge on any atom is 0.326 e. The highest BCUT2D eigenvalue weighted by atomic mass is 16.4. The van der Waals surface area contributed by atoms with E-state index in [0.29, 0.717) is 12.8 Å². The Morgan fingerprint density at radius 3 is 2.59 bits per heavy atom. The van der Waals surface area contributed by atoms with Crippen molar-refractivity contribution in [2.45, 2.75) is 31.7 Å². The highest BCUT2D eigenvalue weighted by Gasteiger charge is 2.26. The summed E-state index contributed by atoms with van der Waals surface area (Å²) in [7, 11) is 0. The number of hydrogen-bond acceptors (Lipinski definition) is 3. The van der Waals surface area contributed by atoms with Crippen LogP contribution < -0.4 is 11.1 Å². The van der Waals surface area contributed by atoms with E-state index in [-0.39, 0.29) is 18.2 Å². The maximum absolute atomic E-state index is 11.7. The van der Waals surface area contributed by atoms with Crippen molar-refractivity contribution in [3.63, 3.8) is 0 Å². The summed E-state index contributed by atoms with van der Waals surface area (Å²) in [5.74, 6) is -2.54. The number of carboxylic acid groups (broad SMARTS) is 1. The zero-order valence-electron chi connectivity index (χ0n) is 9.39. The average molecular weight is 240 g/mol. The fourth-order valence-corrected chi connectivity index (χ4v) is 1.72. The fraction of sp³-hybridized carbons (Fsp3) is 0.545. The largest absolute Gasteiger partial charge is 0.480 e. The highest BCUT2D eigenvalue weighted by molar-refractivity contribution is 5.89. The Hall–Kier alpha value is -1.85. The molecule has 0 saturated carbocycles. The quantitative estimate of drug-likeness (QED) is 0.577. The Morgan fingerprint density at radius 1 is 1.41 bits per heavy atom. The number of primary amides is 1. The van der Waals surface area contributed by atoms with Crippen molar-refractivity contribution >= 4 is 17.8 Å². The second kappa shape index (κ2) is 6.03. The number of carbonyl (C=O) groups excluding carboxylic acids is 2. The predicted molar refractivity (Wildman–Crippen MR) is 59.9 cm³/mol. The summed E-state index contributed by atoms with van der Waals surface area (Å²) in [5, 5.41) is 11.2. The van der Waals surface area contributed by atoms with Crippen molar-refractivity contribution in [1.82, 2.24) is 5.32 Å². The first-order valence-corrected chi connectivity index (χ1v) is 5.47. The van der Waals surface area contributed by atoms with Gasteiger partial charge in [-0.25, -0.2) is 4.79 Å². The molecule has 0 heterocycles.